The largest absolute Gasteiger partial charge is 0.339 e. The smallest absolute Gasteiger partial charge is 0.205 e. The predicted molar refractivity (Wildman–Crippen MR) is 87.7 cm³/mol. The highest BCUT2D eigenvalue weighted by Crippen LogP contribution is 2.32. The number of hydrogen-bond donors (Lipinski definition) is 1. The zero-order valence-electron chi connectivity index (χ0n) is 13.8. The topological polar surface area (TPSA) is 33.1 Å². The first-order valence-electron chi connectivity index (χ1n) is 8.71. The molecule has 0 aliphatic carbocycles. The van der Waals surface area contributed by atoms with Crippen molar-refractivity contribution in [2.24, 2.45) is 5.92 Å². The van der Waals surface area contributed by atoms with E-state index in [4.69, 9.17) is 4.98 Å². The van der Waals surface area contributed by atoms with Crippen LogP contribution in [0.25, 0.3) is 0 Å². The average Bonchev–Trinajstić information content (AvgIpc) is 3.02. The van der Waals surface area contributed by atoms with Gasteiger partial charge in [0.05, 0.1) is 0 Å². The number of aromatic nitrogens is 2. The molecule has 118 valence electrons. The van der Waals surface area contributed by atoms with Crippen LogP contribution in [0.1, 0.15) is 52.9 Å². The fourth-order valence-electron chi connectivity index (χ4n) is 4.06. The van der Waals surface area contributed by atoms with Crippen molar-refractivity contribution in [3.8, 4) is 0 Å². The van der Waals surface area contributed by atoms with E-state index < -0.39 is 0 Å². The minimum absolute atomic E-state index is 0.658. The number of imidazole rings is 1. The molecule has 1 aromatic heterocycles. The minimum atomic E-state index is 0.658. The van der Waals surface area contributed by atoms with Gasteiger partial charge < -0.3 is 14.8 Å². The van der Waals surface area contributed by atoms with Crippen LogP contribution < -0.4 is 10.2 Å². The summed E-state index contributed by atoms with van der Waals surface area (Å²) in [4.78, 5) is 7.29. The molecule has 4 heteroatoms. The van der Waals surface area contributed by atoms with Gasteiger partial charge in [-0.25, -0.2) is 4.98 Å². The van der Waals surface area contributed by atoms with Gasteiger partial charge in [0.25, 0.3) is 0 Å². The highest BCUT2D eigenvalue weighted by atomic mass is 15.3. The summed E-state index contributed by atoms with van der Waals surface area (Å²) in [6, 6.07) is 2.14. The van der Waals surface area contributed by atoms with Crippen molar-refractivity contribution in [3.63, 3.8) is 0 Å². The number of anilines is 1. The zero-order valence-corrected chi connectivity index (χ0v) is 13.8. The molecule has 2 fully saturated rings. The van der Waals surface area contributed by atoms with Crippen LogP contribution in [0.2, 0.25) is 0 Å². The summed E-state index contributed by atoms with van der Waals surface area (Å²) < 4.78 is 2.35. The molecule has 2 atom stereocenters. The normalized spacial score (nSPS) is 28.3. The van der Waals surface area contributed by atoms with Gasteiger partial charge in [-0.1, -0.05) is 20.8 Å². The standard InChI is InChI=1S/C17H30N4/c1-4-8-21(16-10-14-5-6-15(11-16)19-14)17-18-7-9-20(17)12-13(2)3/h7,9,13-16,19H,4-6,8,10-12H2,1-3H3. The molecule has 2 saturated heterocycles. The van der Waals surface area contributed by atoms with Crippen molar-refractivity contribution in [1.82, 2.24) is 14.9 Å². The Morgan fingerprint density at radius 3 is 2.67 bits per heavy atom. The van der Waals surface area contributed by atoms with Crippen molar-refractivity contribution >= 4 is 5.95 Å². The van der Waals surface area contributed by atoms with Crippen LogP contribution in [0.15, 0.2) is 12.4 Å². The first-order chi connectivity index (χ1) is 10.2. The zero-order chi connectivity index (χ0) is 14.8. The van der Waals surface area contributed by atoms with Crippen LogP contribution in [0.5, 0.6) is 0 Å². The molecule has 1 aromatic rings. The molecule has 0 radical (unpaired) electrons. The first kappa shape index (κ1) is 14.9. The van der Waals surface area contributed by atoms with Crippen LogP contribution in [0.4, 0.5) is 5.95 Å². The minimum Gasteiger partial charge on any atom is -0.339 e. The molecule has 0 amide bonds. The maximum Gasteiger partial charge on any atom is 0.205 e. The van der Waals surface area contributed by atoms with Gasteiger partial charge in [0, 0.05) is 43.6 Å². The first-order valence-corrected chi connectivity index (χ1v) is 8.71. The maximum absolute atomic E-state index is 4.70. The third kappa shape index (κ3) is 3.25. The van der Waals surface area contributed by atoms with E-state index in [0.717, 1.165) is 25.2 Å². The van der Waals surface area contributed by atoms with E-state index in [9.17, 15) is 0 Å². The van der Waals surface area contributed by atoms with E-state index in [0.29, 0.717) is 12.0 Å². The summed E-state index contributed by atoms with van der Waals surface area (Å²) in [5.74, 6) is 1.85. The van der Waals surface area contributed by atoms with Gasteiger partial charge in [0.2, 0.25) is 5.95 Å². The lowest BCUT2D eigenvalue weighted by Crippen LogP contribution is -2.49. The molecular formula is C17H30N4. The summed E-state index contributed by atoms with van der Waals surface area (Å²) in [6.07, 6.45) is 10.6. The van der Waals surface area contributed by atoms with Crippen LogP contribution in [-0.4, -0.2) is 34.2 Å². The Hall–Kier alpha value is -1.03. The van der Waals surface area contributed by atoms with Crippen LogP contribution in [-0.2, 0) is 6.54 Å². The Bertz CT molecular complexity index is 441. The molecule has 3 heterocycles. The number of nitrogens with one attached hydrogen (secondary N) is 1. The summed E-state index contributed by atoms with van der Waals surface area (Å²) in [5.41, 5.74) is 0. The van der Waals surface area contributed by atoms with Crippen LogP contribution >= 0.6 is 0 Å². The average molecular weight is 290 g/mol. The van der Waals surface area contributed by atoms with Crippen molar-refractivity contribution in [3.05, 3.63) is 12.4 Å². The summed E-state index contributed by atoms with van der Waals surface area (Å²) in [7, 11) is 0. The van der Waals surface area contributed by atoms with Crippen LogP contribution in [0.3, 0.4) is 0 Å². The number of rotatable bonds is 6. The molecule has 21 heavy (non-hydrogen) atoms. The number of fused-ring (bicyclic) bond motifs is 2. The Labute approximate surface area is 128 Å². The molecule has 0 spiro atoms. The van der Waals surface area contributed by atoms with Gasteiger partial charge in [-0.15, -0.1) is 0 Å². The fourth-order valence-corrected chi connectivity index (χ4v) is 4.06. The summed E-state index contributed by atoms with van der Waals surface area (Å²) in [5, 5.41) is 3.76. The van der Waals surface area contributed by atoms with Crippen molar-refractivity contribution in [2.75, 3.05) is 11.4 Å². The second kappa shape index (κ2) is 6.39. The Morgan fingerprint density at radius 1 is 1.33 bits per heavy atom. The fraction of sp³-hybridized carbons (Fsp3) is 0.824. The third-order valence-corrected chi connectivity index (χ3v) is 4.87. The molecular weight excluding hydrogens is 260 g/mol. The number of nitrogens with zero attached hydrogens (tertiary/aromatic N) is 3. The molecule has 2 aliphatic rings. The maximum atomic E-state index is 4.70. The van der Waals surface area contributed by atoms with E-state index in [1.54, 1.807) is 0 Å². The van der Waals surface area contributed by atoms with Gasteiger partial charge in [-0.05, 0) is 38.0 Å². The number of hydrogen-bond acceptors (Lipinski definition) is 3. The molecule has 2 aliphatic heterocycles. The van der Waals surface area contributed by atoms with E-state index in [2.05, 4.69) is 41.8 Å². The third-order valence-electron chi connectivity index (χ3n) is 4.87. The van der Waals surface area contributed by atoms with Crippen molar-refractivity contribution < 1.29 is 0 Å². The Morgan fingerprint density at radius 2 is 2.05 bits per heavy atom. The SMILES string of the molecule is CCCN(c1nccn1CC(C)C)C1CC2CCC(C1)N2. The molecule has 0 saturated carbocycles. The monoisotopic (exact) mass is 290 g/mol. The number of piperidine rings is 1. The van der Waals surface area contributed by atoms with Gasteiger partial charge in [0.1, 0.15) is 0 Å². The molecule has 4 nitrogen and oxygen atoms in total. The second-order valence-electron chi connectivity index (χ2n) is 7.23. The Kier molecular flexibility index (Phi) is 4.53. The van der Waals surface area contributed by atoms with Crippen molar-refractivity contribution in [2.45, 2.75) is 77.5 Å². The Balaban J connectivity index is 1.79. The van der Waals surface area contributed by atoms with Gasteiger partial charge in [-0.2, -0.15) is 0 Å². The highest BCUT2D eigenvalue weighted by molar-refractivity contribution is 5.34. The lowest BCUT2D eigenvalue weighted by Gasteiger charge is -2.38. The van der Waals surface area contributed by atoms with E-state index in [-0.39, 0.29) is 0 Å². The lowest BCUT2D eigenvalue weighted by molar-refractivity contribution is 0.341. The highest BCUT2D eigenvalue weighted by Gasteiger charge is 2.36. The molecule has 1 N–H and O–H groups in total. The van der Waals surface area contributed by atoms with E-state index in [1.165, 1.54) is 38.1 Å². The van der Waals surface area contributed by atoms with Gasteiger partial charge in [0.15, 0.2) is 0 Å². The second-order valence-corrected chi connectivity index (χ2v) is 7.23. The van der Waals surface area contributed by atoms with Crippen molar-refractivity contribution in [1.29, 1.82) is 0 Å². The summed E-state index contributed by atoms with van der Waals surface area (Å²) >= 11 is 0. The predicted octanol–water partition coefficient (Wildman–Crippen LogP) is 3.04. The van der Waals surface area contributed by atoms with E-state index >= 15 is 0 Å². The van der Waals surface area contributed by atoms with Crippen LogP contribution in [0, 0.1) is 5.92 Å². The molecule has 2 unspecified atom stereocenters. The van der Waals surface area contributed by atoms with Gasteiger partial charge >= 0.3 is 0 Å². The molecule has 2 bridgehead atoms. The quantitative estimate of drug-likeness (QED) is 0.874. The summed E-state index contributed by atoms with van der Waals surface area (Å²) in [6.45, 7) is 9.02. The lowest BCUT2D eigenvalue weighted by atomic mass is 9.98. The van der Waals surface area contributed by atoms with E-state index in [1.807, 2.05) is 6.20 Å². The molecule has 0 aromatic carbocycles. The van der Waals surface area contributed by atoms with Gasteiger partial charge in [-0.3, -0.25) is 0 Å². The molecule has 3 rings (SSSR count).